The minimum atomic E-state index is -3.80. The highest BCUT2D eigenvalue weighted by atomic mass is 79.9. The molecular formula is C13H11BrN2O4S. The smallest absolute Gasteiger partial charge is 0.258 e. The SMILES string of the molecule is O=[N+]([O-])c1cccc(S(=O)(=O)NCc2cccc(Br)c2)c1. The summed E-state index contributed by atoms with van der Waals surface area (Å²) in [4.78, 5) is 9.92. The van der Waals surface area contributed by atoms with Gasteiger partial charge >= 0.3 is 0 Å². The molecule has 0 fully saturated rings. The Morgan fingerprint density at radius 3 is 2.52 bits per heavy atom. The largest absolute Gasteiger partial charge is 0.270 e. The van der Waals surface area contributed by atoms with E-state index in [1.54, 1.807) is 18.2 Å². The lowest BCUT2D eigenvalue weighted by Gasteiger charge is -2.07. The number of non-ortho nitro benzene ring substituents is 1. The fraction of sp³-hybridized carbons (Fsp3) is 0.0769. The standard InChI is InChI=1S/C13H11BrN2O4S/c14-11-4-1-3-10(7-11)9-15-21(19,20)13-6-2-5-12(8-13)16(17)18/h1-8,15H,9H2. The van der Waals surface area contributed by atoms with Crippen LogP contribution in [0.3, 0.4) is 0 Å². The average molecular weight is 371 g/mol. The number of benzene rings is 2. The van der Waals surface area contributed by atoms with Gasteiger partial charge in [-0.1, -0.05) is 34.1 Å². The van der Waals surface area contributed by atoms with Crippen molar-refractivity contribution in [1.29, 1.82) is 0 Å². The Balaban J connectivity index is 2.19. The van der Waals surface area contributed by atoms with Gasteiger partial charge in [0.15, 0.2) is 0 Å². The van der Waals surface area contributed by atoms with Crippen molar-refractivity contribution >= 4 is 31.6 Å². The maximum Gasteiger partial charge on any atom is 0.270 e. The number of hydrogen-bond acceptors (Lipinski definition) is 4. The highest BCUT2D eigenvalue weighted by molar-refractivity contribution is 9.10. The van der Waals surface area contributed by atoms with E-state index in [2.05, 4.69) is 20.7 Å². The third-order valence-electron chi connectivity index (χ3n) is 2.69. The number of rotatable bonds is 5. The fourth-order valence-electron chi connectivity index (χ4n) is 1.67. The zero-order valence-electron chi connectivity index (χ0n) is 10.7. The normalized spacial score (nSPS) is 11.3. The Bertz CT molecular complexity index is 777. The van der Waals surface area contributed by atoms with E-state index in [1.165, 1.54) is 18.2 Å². The van der Waals surface area contributed by atoms with E-state index in [-0.39, 0.29) is 17.1 Å². The van der Waals surface area contributed by atoms with Crippen molar-refractivity contribution < 1.29 is 13.3 Å². The molecule has 0 amide bonds. The van der Waals surface area contributed by atoms with Crippen molar-refractivity contribution in [3.05, 3.63) is 68.7 Å². The average Bonchev–Trinajstić information content (AvgIpc) is 2.45. The summed E-state index contributed by atoms with van der Waals surface area (Å²) in [7, 11) is -3.80. The molecule has 0 aliphatic carbocycles. The molecule has 110 valence electrons. The molecule has 0 bridgehead atoms. The summed E-state index contributed by atoms with van der Waals surface area (Å²) in [6.45, 7) is 0.102. The molecule has 0 atom stereocenters. The molecule has 1 N–H and O–H groups in total. The third kappa shape index (κ3) is 4.10. The lowest BCUT2D eigenvalue weighted by Crippen LogP contribution is -2.23. The first-order valence-corrected chi connectivity index (χ1v) is 8.15. The van der Waals surface area contributed by atoms with Gasteiger partial charge in [-0.25, -0.2) is 13.1 Å². The predicted octanol–water partition coefficient (Wildman–Crippen LogP) is 2.84. The number of hydrogen-bond donors (Lipinski definition) is 1. The van der Waals surface area contributed by atoms with E-state index in [0.29, 0.717) is 0 Å². The first-order chi connectivity index (χ1) is 9.88. The number of nitrogens with one attached hydrogen (secondary N) is 1. The molecule has 0 radical (unpaired) electrons. The Morgan fingerprint density at radius 1 is 1.14 bits per heavy atom. The maximum atomic E-state index is 12.1. The van der Waals surface area contributed by atoms with Gasteiger partial charge in [0.2, 0.25) is 10.0 Å². The van der Waals surface area contributed by atoms with Gasteiger partial charge in [-0.3, -0.25) is 10.1 Å². The number of nitro groups is 1. The summed E-state index contributed by atoms with van der Waals surface area (Å²) >= 11 is 3.30. The highest BCUT2D eigenvalue weighted by Gasteiger charge is 2.17. The molecule has 0 saturated carbocycles. The van der Waals surface area contributed by atoms with Crippen LogP contribution in [0.25, 0.3) is 0 Å². The quantitative estimate of drug-likeness (QED) is 0.647. The molecule has 2 aromatic carbocycles. The van der Waals surface area contributed by atoms with Crippen LogP contribution < -0.4 is 4.72 Å². The lowest BCUT2D eigenvalue weighted by molar-refractivity contribution is -0.385. The summed E-state index contributed by atoms with van der Waals surface area (Å²) in [5, 5.41) is 10.7. The number of sulfonamides is 1. The minimum absolute atomic E-state index is 0.102. The second-order valence-corrected chi connectivity index (χ2v) is 6.89. The van der Waals surface area contributed by atoms with Crippen molar-refractivity contribution in [2.45, 2.75) is 11.4 Å². The van der Waals surface area contributed by atoms with Crippen LogP contribution in [0.5, 0.6) is 0 Å². The molecule has 0 heterocycles. The maximum absolute atomic E-state index is 12.1. The molecule has 8 heteroatoms. The number of nitro benzene ring substituents is 1. The molecule has 0 spiro atoms. The minimum Gasteiger partial charge on any atom is -0.258 e. The molecule has 0 aliphatic heterocycles. The lowest BCUT2D eigenvalue weighted by atomic mass is 10.2. The van der Waals surface area contributed by atoms with Crippen molar-refractivity contribution in [3.8, 4) is 0 Å². The van der Waals surface area contributed by atoms with Crippen LogP contribution in [0, 0.1) is 10.1 Å². The van der Waals surface area contributed by atoms with Crippen molar-refractivity contribution in [2.75, 3.05) is 0 Å². The Morgan fingerprint density at radius 2 is 1.86 bits per heavy atom. The predicted molar refractivity (Wildman–Crippen MR) is 81.3 cm³/mol. The monoisotopic (exact) mass is 370 g/mol. The van der Waals surface area contributed by atoms with Crippen LogP contribution in [0.4, 0.5) is 5.69 Å². The molecule has 21 heavy (non-hydrogen) atoms. The molecule has 2 aromatic rings. The molecular weight excluding hydrogens is 360 g/mol. The van der Waals surface area contributed by atoms with Crippen LogP contribution >= 0.6 is 15.9 Å². The highest BCUT2D eigenvalue weighted by Crippen LogP contribution is 2.18. The molecule has 0 aromatic heterocycles. The second-order valence-electron chi connectivity index (χ2n) is 4.21. The van der Waals surface area contributed by atoms with Gasteiger partial charge in [-0.15, -0.1) is 0 Å². The third-order valence-corrected chi connectivity index (χ3v) is 4.59. The second kappa shape index (κ2) is 6.33. The Kier molecular flexibility index (Phi) is 4.71. The van der Waals surface area contributed by atoms with Gasteiger partial charge in [0.1, 0.15) is 0 Å². The van der Waals surface area contributed by atoms with Gasteiger partial charge in [-0.05, 0) is 23.8 Å². The Labute approximate surface area is 130 Å². The van der Waals surface area contributed by atoms with E-state index in [0.717, 1.165) is 16.1 Å². The summed E-state index contributed by atoms with van der Waals surface area (Å²) in [5.41, 5.74) is 0.513. The van der Waals surface area contributed by atoms with Crippen LogP contribution in [0.1, 0.15) is 5.56 Å². The summed E-state index contributed by atoms with van der Waals surface area (Å²) in [6.07, 6.45) is 0. The zero-order valence-corrected chi connectivity index (χ0v) is 13.1. The van der Waals surface area contributed by atoms with Gasteiger partial charge in [0.25, 0.3) is 5.69 Å². The van der Waals surface area contributed by atoms with E-state index < -0.39 is 14.9 Å². The van der Waals surface area contributed by atoms with Crippen molar-refractivity contribution in [2.24, 2.45) is 0 Å². The van der Waals surface area contributed by atoms with Crippen LogP contribution in [0.2, 0.25) is 0 Å². The van der Waals surface area contributed by atoms with Crippen LogP contribution in [-0.2, 0) is 16.6 Å². The Hall–Kier alpha value is -1.77. The van der Waals surface area contributed by atoms with Gasteiger partial charge in [-0.2, -0.15) is 0 Å². The van der Waals surface area contributed by atoms with Crippen LogP contribution in [-0.4, -0.2) is 13.3 Å². The van der Waals surface area contributed by atoms with E-state index in [4.69, 9.17) is 0 Å². The van der Waals surface area contributed by atoms with E-state index in [1.807, 2.05) is 6.07 Å². The van der Waals surface area contributed by atoms with E-state index >= 15 is 0 Å². The molecule has 6 nitrogen and oxygen atoms in total. The van der Waals surface area contributed by atoms with Crippen molar-refractivity contribution in [1.82, 2.24) is 4.72 Å². The number of nitrogens with zero attached hydrogens (tertiary/aromatic N) is 1. The molecule has 0 unspecified atom stereocenters. The summed E-state index contributed by atoms with van der Waals surface area (Å²) < 4.78 is 27.5. The summed E-state index contributed by atoms with van der Waals surface area (Å²) in [6, 6.07) is 12.1. The summed E-state index contributed by atoms with van der Waals surface area (Å²) in [5.74, 6) is 0. The van der Waals surface area contributed by atoms with Crippen LogP contribution in [0.15, 0.2) is 57.9 Å². The first kappa shape index (κ1) is 15.6. The number of halogens is 1. The molecule has 0 aliphatic rings. The van der Waals surface area contributed by atoms with Gasteiger partial charge < -0.3 is 0 Å². The van der Waals surface area contributed by atoms with Crippen molar-refractivity contribution in [3.63, 3.8) is 0 Å². The zero-order chi connectivity index (χ0) is 15.5. The molecule has 2 rings (SSSR count). The van der Waals surface area contributed by atoms with E-state index in [9.17, 15) is 18.5 Å². The first-order valence-electron chi connectivity index (χ1n) is 5.87. The molecule has 0 saturated heterocycles. The topological polar surface area (TPSA) is 89.3 Å². The fourth-order valence-corrected chi connectivity index (χ4v) is 3.18. The van der Waals surface area contributed by atoms with Gasteiger partial charge in [0, 0.05) is 23.2 Å². The van der Waals surface area contributed by atoms with Gasteiger partial charge in [0.05, 0.1) is 9.82 Å².